The fourth-order valence-electron chi connectivity index (χ4n) is 13.1. The van der Waals surface area contributed by atoms with E-state index in [4.69, 9.17) is 19.9 Å². The Bertz CT molecular complexity index is 4870. The van der Waals surface area contributed by atoms with Crippen LogP contribution in [0.3, 0.4) is 0 Å². The summed E-state index contributed by atoms with van der Waals surface area (Å²) in [6.45, 7) is 2.04. The Morgan fingerprint density at radius 1 is 0.281 bits per heavy atom. The maximum atomic E-state index is 15.5. The van der Waals surface area contributed by atoms with Crippen molar-refractivity contribution in [1.82, 2.24) is 24.5 Å². The average Bonchev–Trinajstić information content (AvgIpc) is 1.65. The number of rotatable bonds is 11. The third-order valence-electron chi connectivity index (χ3n) is 17.5. The number of hydrogen-bond donors (Lipinski definition) is 0. The second-order valence-electron chi connectivity index (χ2n) is 22.9. The molecule has 1 aliphatic carbocycles. The number of pyridine rings is 4. The molecular formula is C82H53F2N5. The minimum absolute atomic E-state index is 0.331. The molecule has 420 valence electrons. The van der Waals surface area contributed by atoms with E-state index in [0.717, 1.165) is 162 Å². The molecule has 0 N–H and O–H groups in total. The maximum absolute atomic E-state index is 15.5. The highest BCUT2D eigenvalue weighted by Gasteiger charge is 2.34. The first-order valence-electron chi connectivity index (χ1n) is 29.9. The normalized spacial score (nSPS) is 11.9. The summed E-state index contributed by atoms with van der Waals surface area (Å²) in [5.74, 6) is -1.60. The van der Waals surface area contributed by atoms with E-state index in [1.807, 2.05) is 105 Å². The molecule has 1 aliphatic rings. The molecule has 7 heteroatoms. The average molecular weight is 1150 g/mol. The van der Waals surface area contributed by atoms with Crippen LogP contribution in [0.1, 0.15) is 28.2 Å². The van der Waals surface area contributed by atoms with E-state index in [0.29, 0.717) is 5.56 Å². The van der Waals surface area contributed by atoms with Crippen molar-refractivity contribution in [3.8, 4) is 117 Å². The molecular weight excluding hydrogens is 1090 g/mol. The first-order valence-corrected chi connectivity index (χ1v) is 29.9. The first-order chi connectivity index (χ1) is 43.8. The Kier molecular flexibility index (Phi) is 13.1. The van der Waals surface area contributed by atoms with Crippen molar-refractivity contribution >= 4 is 21.8 Å². The zero-order valence-corrected chi connectivity index (χ0v) is 48.4. The van der Waals surface area contributed by atoms with E-state index in [9.17, 15) is 0 Å². The molecule has 0 atom stereocenters. The lowest BCUT2D eigenvalue weighted by Gasteiger charge is -2.24. The predicted octanol–water partition coefficient (Wildman–Crippen LogP) is 21.1. The van der Waals surface area contributed by atoms with Gasteiger partial charge < -0.3 is 4.57 Å². The zero-order valence-electron chi connectivity index (χ0n) is 48.4. The highest BCUT2D eigenvalue weighted by Crippen LogP contribution is 2.53. The van der Waals surface area contributed by atoms with Gasteiger partial charge >= 0.3 is 0 Å². The SMILES string of the molecule is Cc1cc(-n2c3ccc(-c4ccc(-c5ccccc5)nc4)cc3c3cc(-c4ccc(-c5ccccc5)nc4)ccc32)c(C2c3ccc(-c4ccc(-c5ccccc5)nc4)cc3-c3cc(-c4ccc(-c5ccccc5)nc4)ccc32)cc1-c1cc(F)cc(F)c1. The molecule has 0 saturated carbocycles. The van der Waals surface area contributed by atoms with Crippen molar-refractivity contribution in [1.29, 1.82) is 0 Å². The number of fused-ring (bicyclic) bond motifs is 6. The van der Waals surface area contributed by atoms with Crippen LogP contribution in [0, 0.1) is 18.6 Å². The van der Waals surface area contributed by atoms with Crippen LogP contribution in [-0.4, -0.2) is 24.5 Å². The van der Waals surface area contributed by atoms with Gasteiger partial charge in [0.1, 0.15) is 11.6 Å². The summed E-state index contributed by atoms with van der Waals surface area (Å²) in [5, 5.41) is 2.11. The molecule has 0 aliphatic heterocycles. The van der Waals surface area contributed by atoms with Gasteiger partial charge in [0, 0.05) is 92.1 Å². The summed E-state index contributed by atoms with van der Waals surface area (Å²) in [5.41, 5.74) is 26.3. The van der Waals surface area contributed by atoms with E-state index in [1.54, 1.807) is 0 Å². The molecule has 0 unspecified atom stereocenters. The van der Waals surface area contributed by atoms with E-state index < -0.39 is 11.6 Å². The maximum Gasteiger partial charge on any atom is 0.126 e. The van der Waals surface area contributed by atoms with Crippen LogP contribution in [-0.2, 0) is 0 Å². The van der Waals surface area contributed by atoms with Crippen LogP contribution < -0.4 is 0 Å². The lowest BCUT2D eigenvalue weighted by Crippen LogP contribution is -2.08. The number of aryl methyl sites for hydroxylation is 1. The Morgan fingerprint density at radius 2 is 0.629 bits per heavy atom. The van der Waals surface area contributed by atoms with Gasteiger partial charge in [-0.2, -0.15) is 0 Å². The van der Waals surface area contributed by atoms with Gasteiger partial charge in [-0.15, -0.1) is 0 Å². The minimum Gasteiger partial charge on any atom is -0.309 e. The standard InChI is InChI=1S/C82H53F2N5/c1-51-38-81(89-79-36-28-58(62-26-34-77(87-49-62)54-18-10-4-11-19-54)43-72(79)73-44-59(29-37-80(73)89)63-27-35-78(88-50-63)55-20-12-5-13-21-55)74(46-69(51)64-39-65(83)45-66(84)40-64)82-67-30-22-56(60-24-32-75(85-47-60)52-14-6-2-7-15-52)41-70(67)71-42-57(23-31-68(71)82)61-25-33-76(86-48-61)53-16-8-3-9-17-53/h2-50,82H,1H3. The van der Waals surface area contributed by atoms with Gasteiger partial charge in [-0.3, -0.25) is 19.9 Å². The third kappa shape index (κ3) is 9.76. The summed E-state index contributed by atoms with van der Waals surface area (Å²) in [4.78, 5) is 19.8. The second-order valence-corrected chi connectivity index (χ2v) is 22.9. The number of benzene rings is 10. The molecule has 0 bridgehead atoms. The Balaban J connectivity index is 0.908. The highest BCUT2D eigenvalue weighted by atomic mass is 19.1. The lowest BCUT2D eigenvalue weighted by molar-refractivity contribution is 0.584. The van der Waals surface area contributed by atoms with Crippen LogP contribution in [0.25, 0.3) is 139 Å². The number of nitrogens with zero attached hydrogens (tertiary/aromatic N) is 5. The van der Waals surface area contributed by atoms with E-state index in [1.165, 1.54) is 12.1 Å². The molecule has 89 heavy (non-hydrogen) atoms. The van der Waals surface area contributed by atoms with Crippen LogP contribution in [0.2, 0.25) is 0 Å². The molecule has 5 nitrogen and oxygen atoms in total. The van der Waals surface area contributed by atoms with Crippen molar-refractivity contribution < 1.29 is 8.78 Å². The molecule has 0 amide bonds. The number of hydrogen-bond acceptors (Lipinski definition) is 4. The van der Waals surface area contributed by atoms with Crippen molar-refractivity contribution in [3.63, 3.8) is 0 Å². The van der Waals surface area contributed by atoms with Crippen LogP contribution in [0.5, 0.6) is 0 Å². The van der Waals surface area contributed by atoms with E-state index in [2.05, 4.69) is 187 Å². The van der Waals surface area contributed by atoms with Crippen LogP contribution in [0.15, 0.2) is 298 Å². The van der Waals surface area contributed by atoms with Gasteiger partial charge in [-0.1, -0.05) is 182 Å². The Labute approximate surface area is 514 Å². The zero-order chi connectivity index (χ0) is 59.5. The second kappa shape index (κ2) is 22.1. The molecule has 16 rings (SSSR count). The fraction of sp³-hybridized carbons (Fsp3) is 0.0244. The molecule has 5 heterocycles. The summed E-state index contributed by atoms with van der Waals surface area (Å²) >= 11 is 0. The highest BCUT2D eigenvalue weighted by molar-refractivity contribution is 6.12. The molecule has 10 aromatic carbocycles. The van der Waals surface area contributed by atoms with Gasteiger partial charge in [-0.05, 0) is 159 Å². The molecule has 5 aromatic heterocycles. The summed E-state index contributed by atoms with van der Waals surface area (Å²) in [6.07, 6.45) is 7.84. The number of halogens is 2. The van der Waals surface area contributed by atoms with Crippen molar-refractivity contribution in [2.24, 2.45) is 0 Å². The van der Waals surface area contributed by atoms with Gasteiger partial charge in [0.2, 0.25) is 0 Å². The van der Waals surface area contributed by atoms with Crippen molar-refractivity contribution in [2.45, 2.75) is 12.8 Å². The molecule has 0 fully saturated rings. The molecule has 0 spiro atoms. The fourth-order valence-corrected chi connectivity index (χ4v) is 13.1. The van der Waals surface area contributed by atoms with Gasteiger partial charge in [0.15, 0.2) is 0 Å². The van der Waals surface area contributed by atoms with E-state index >= 15 is 8.78 Å². The quantitative estimate of drug-likeness (QED) is 0.129. The molecule has 0 radical (unpaired) electrons. The predicted molar refractivity (Wildman–Crippen MR) is 358 cm³/mol. The van der Waals surface area contributed by atoms with Gasteiger partial charge in [0.05, 0.1) is 39.5 Å². The minimum atomic E-state index is -0.636. The van der Waals surface area contributed by atoms with Crippen molar-refractivity contribution in [3.05, 3.63) is 332 Å². The van der Waals surface area contributed by atoms with E-state index in [-0.39, 0.29) is 5.92 Å². The summed E-state index contributed by atoms with van der Waals surface area (Å²) in [6, 6.07) is 93.0. The smallest absolute Gasteiger partial charge is 0.126 e. The Hall–Kier alpha value is -11.5. The first kappa shape index (κ1) is 53.0. The monoisotopic (exact) mass is 1150 g/mol. The largest absolute Gasteiger partial charge is 0.309 e. The Morgan fingerprint density at radius 3 is 0.989 bits per heavy atom. The van der Waals surface area contributed by atoms with Crippen molar-refractivity contribution in [2.75, 3.05) is 0 Å². The number of aromatic nitrogens is 5. The third-order valence-corrected chi connectivity index (χ3v) is 17.5. The van der Waals surface area contributed by atoms with Gasteiger partial charge in [0.25, 0.3) is 0 Å². The summed E-state index contributed by atoms with van der Waals surface area (Å²) < 4.78 is 33.4. The van der Waals surface area contributed by atoms with Crippen LogP contribution >= 0.6 is 0 Å². The lowest BCUT2D eigenvalue weighted by atomic mass is 9.84. The molecule has 0 saturated heterocycles. The molecule has 15 aromatic rings. The van der Waals surface area contributed by atoms with Gasteiger partial charge in [-0.25, -0.2) is 8.78 Å². The van der Waals surface area contributed by atoms with Crippen LogP contribution in [0.4, 0.5) is 8.78 Å². The topological polar surface area (TPSA) is 56.5 Å². The summed E-state index contributed by atoms with van der Waals surface area (Å²) in [7, 11) is 0.